The fraction of sp³-hybridized carbons (Fsp3) is 0.462. The Morgan fingerprint density at radius 2 is 2.26 bits per heavy atom. The third-order valence-corrected chi connectivity index (χ3v) is 3.12. The minimum Gasteiger partial charge on any atom is -0.492 e. The molecule has 0 aromatic heterocycles. The van der Waals surface area contributed by atoms with Crippen LogP contribution in [0, 0.1) is 0 Å². The van der Waals surface area contributed by atoms with Crippen LogP contribution < -0.4 is 10.5 Å². The van der Waals surface area contributed by atoms with Crippen molar-refractivity contribution >= 4 is 41.5 Å². The summed E-state index contributed by atoms with van der Waals surface area (Å²) in [6, 6.07) is 7.91. The molecule has 0 bridgehead atoms. The van der Waals surface area contributed by atoms with Gasteiger partial charge in [-0.25, -0.2) is 4.99 Å². The first-order chi connectivity index (χ1) is 8.66. The topological polar surface area (TPSA) is 50.8 Å². The van der Waals surface area contributed by atoms with Crippen LogP contribution in [0.1, 0.15) is 12.8 Å². The molecule has 2 rings (SSSR count). The second-order valence-corrected chi connectivity index (χ2v) is 4.82. The van der Waals surface area contributed by atoms with Crippen molar-refractivity contribution in [3.63, 3.8) is 0 Å². The summed E-state index contributed by atoms with van der Waals surface area (Å²) in [7, 11) is 1.98. The van der Waals surface area contributed by atoms with E-state index in [2.05, 4.69) is 4.99 Å². The minimum absolute atomic E-state index is 0. The Bertz CT molecular complexity index is 438. The SMILES string of the molecule is CN(C(N)=NCCOc1cccc(Cl)c1)C1CC1.I. The molecule has 0 unspecified atom stereocenters. The highest BCUT2D eigenvalue weighted by Crippen LogP contribution is 2.24. The third kappa shape index (κ3) is 5.44. The standard InChI is InChI=1S/C13H18ClN3O.HI/c1-17(11-5-6-11)13(15)16-7-8-18-12-4-2-3-10(14)9-12;/h2-4,9,11H,5-8H2,1H3,(H2,15,16);1H. The van der Waals surface area contributed by atoms with E-state index in [1.807, 2.05) is 30.1 Å². The average Bonchev–Trinajstić information content (AvgIpc) is 3.17. The van der Waals surface area contributed by atoms with Gasteiger partial charge < -0.3 is 15.4 Å². The van der Waals surface area contributed by atoms with E-state index in [1.54, 1.807) is 6.07 Å². The summed E-state index contributed by atoms with van der Waals surface area (Å²) in [5.74, 6) is 1.35. The molecule has 0 saturated heterocycles. The molecule has 1 aromatic rings. The summed E-state index contributed by atoms with van der Waals surface area (Å²) in [6.07, 6.45) is 2.43. The Labute approximate surface area is 136 Å². The Kier molecular flexibility index (Phi) is 6.71. The van der Waals surface area contributed by atoms with Gasteiger partial charge in [-0.15, -0.1) is 24.0 Å². The zero-order chi connectivity index (χ0) is 13.0. The summed E-state index contributed by atoms with van der Waals surface area (Å²) >= 11 is 5.86. The summed E-state index contributed by atoms with van der Waals surface area (Å²) < 4.78 is 5.53. The van der Waals surface area contributed by atoms with Gasteiger partial charge in [0.25, 0.3) is 0 Å². The molecule has 19 heavy (non-hydrogen) atoms. The van der Waals surface area contributed by atoms with Gasteiger partial charge in [-0.2, -0.15) is 0 Å². The molecule has 4 nitrogen and oxygen atoms in total. The zero-order valence-electron chi connectivity index (χ0n) is 10.9. The number of benzene rings is 1. The molecule has 0 spiro atoms. The molecule has 1 aromatic carbocycles. The number of aliphatic imine (C=N–C) groups is 1. The maximum Gasteiger partial charge on any atom is 0.191 e. The number of hydrogen-bond acceptors (Lipinski definition) is 2. The second-order valence-electron chi connectivity index (χ2n) is 4.39. The van der Waals surface area contributed by atoms with Crippen LogP contribution in [-0.2, 0) is 0 Å². The zero-order valence-corrected chi connectivity index (χ0v) is 14.0. The van der Waals surface area contributed by atoms with Crippen LogP contribution in [-0.4, -0.2) is 37.1 Å². The molecule has 0 aliphatic heterocycles. The molecule has 1 saturated carbocycles. The lowest BCUT2D eigenvalue weighted by molar-refractivity contribution is 0.327. The van der Waals surface area contributed by atoms with Crippen molar-refractivity contribution in [2.24, 2.45) is 10.7 Å². The molecule has 1 aliphatic carbocycles. The van der Waals surface area contributed by atoms with Gasteiger partial charge in [0.15, 0.2) is 5.96 Å². The van der Waals surface area contributed by atoms with Gasteiger partial charge in [-0.1, -0.05) is 17.7 Å². The van der Waals surface area contributed by atoms with Crippen LogP contribution in [0.3, 0.4) is 0 Å². The van der Waals surface area contributed by atoms with E-state index in [0.29, 0.717) is 30.2 Å². The van der Waals surface area contributed by atoms with Gasteiger partial charge in [-0.3, -0.25) is 0 Å². The summed E-state index contributed by atoms with van der Waals surface area (Å²) in [5, 5.41) is 0.670. The number of halogens is 2. The third-order valence-electron chi connectivity index (χ3n) is 2.89. The molecule has 1 aliphatic rings. The summed E-state index contributed by atoms with van der Waals surface area (Å²) in [6.45, 7) is 1.05. The maximum atomic E-state index is 5.86. The van der Waals surface area contributed by atoms with Crippen LogP contribution >= 0.6 is 35.6 Å². The molecule has 0 amide bonds. The highest BCUT2D eigenvalue weighted by atomic mass is 127. The fourth-order valence-electron chi connectivity index (χ4n) is 1.64. The van der Waals surface area contributed by atoms with E-state index < -0.39 is 0 Å². The second kappa shape index (κ2) is 7.79. The van der Waals surface area contributed by atoms with E-state index in [9.17, 15) is 0 Å². The Balaban J connectivity index is 0.00000180. The Hall–Kier alpha value is -0.690. The van der Waals surface area contributed by atoms with E-state index in [4.69, 9.17) is 22.1 Å². The van der Waals surface area contributed by atoms with Gasteiger partial charge in [0.1, 0.15) is 12.4 Å². The van der Waals surface area contributed by atoms with Gasteiger partial charge in [0, 0.05) is 18.1 Å². The van der Waals surface area contributed by atoms with Crippen molar-refractivity contribution in [1.82, 2.24) is 4.90 Å². The lowest BCUT2D eigenvalue weighted by atomic mass is 10.3. The number of nitrogens with zero attached hydrogens (tertiary/aromatic N) is 2. The van der Waals surface area contributed by atoms with E-state index in [1.165, 1.54) is 12.8 Å². The number of hydrogen-bond donors (Lipinski definition) is 1. The molecule has 0 atom stereocenters. The van der Waals surface area contributed by atoms with Gasteiger partial charge in [0.2, 0.25) is 0 Å². The maximum absolute atomic E-state index is 5.86. The van der Waals surface area contributed by atoms with Crippen LogP contribution in [0.2, 0.25) is 5.02 Å². The predicted molar refractivity (Wildman–Crippen MR) is 89.6 cm³/mol. The Morgan fingerprint density at radius 1 is 1.53 bits per heavy atom. The van der Waals surface area contributed by atoms with E-state index >= 15 is 0 Å². The van der Waals surface area contributed by atoms with Gasteiger partial charge in [0.05, 0.1) is 6.54 Å². The number of nitrogens with two attached hydrogens (primary N) is 1. The van der Waals surface area contributed by atoms with Crippen LogP contribution in [0.4, 0.5) is 0 Å². The molecule has 0 heterocycles. The van der Waals surface area contributed by atoms with Crippen molar-refractivity contribution in [3.05, 3.63) is 29.3 Å². The van der Waals surface area contributed by atoms with Crippen molar-refractivity contribution in [2.45, 2.75) is 18.9 Å². The number of ether oxygens (including phenoxy) is 1. The predicted octanol–water partition coefficient (Wildman–Crippen LogP) is 2.75. The first-order valence-corrected chi connectivity index (χ1v) is 6.46. The van der Waals surface area contributed by atoms with Gasteiger partial charge in [-0.05, 0) is 31.0 Å². The van der Waals surface area contributed by atoms with Crippen LogP contribution in [0.5, 0.6) is 5.75 Å². The fourth-order valence-corrected chi connectivity index (χ4v) is 1.82. The van der Waals surface area contributed by atoms with Crippen molar-refractivity contribution in [2.75, 3.05) is 20.2 Å². The normalized spacial score (nSPS) is 14.7. The molecule has 6 heteroatoms. The highest BCUT2D eigenvalue weighted by Gasteiger charge is 2.27. The molecular weight excluding hydrogens is 377 g/mol. The highest BCUT2D eigenvalue weighted by molar-refractivity contribution is 14.0. The first-order valence-electron chi connectivity index (χ1n) is 6.08. The lowest BCUT2D eigenvalue weighted by Crippen LogP contribution is -2.36. The molecule has 1 fully saturated rings. The number of guanidine groups is 1. The summed E-state index contributed by atoms with van der Waals surface area (Å²) in [5.41, 5.74) is 5.86. The van der Waals surface area contributed by atoms with Gasteiger partial charge >= 0.3 is 0 Å². The quantitative estimate of drug-likeness (QED) is 0.361. The van der Waals surface area contributed by atoms with Crippen molar-refractivity contribution in [1.29, 1.82) is 0 Å². The number of rotatable bonds is 5. The van der Waals surface area contributed by atoms with E-state index in [0.717, 1.165) is 5.75 Å². The van der Waals surface area contributed by atoms with Crippen molar-refractivity contribution < 1.29 is 4.74 Å². The van der Waals surface area contributed by atoms with E-state index in [-0.39, 0.29) is 24.0 Å². The summed E-state index contributed by atoms with van der Waals surface area (Å²) in [4.78, 5) is 6.31. The Morgan fingerprint density at radius 3 is 2.89 bits per heavy atom. The van der Waals surface area contributed by atoms with Crippen molar-refractivity contribution in [3.8, 4) is 5.75 Å². The lowest BCUT2D eigenvalue weighted by Gasteiger charge is -2.16. The monoisotopic (exact) mass is 395 g/mol. The molecular formula is C13H19ClIN3O. The first kappa shape index (κ1) is 16.4. The minimum atomic E-state index is 0. The largest absolute Gasteiger partial charge is 0.492 e. The molecule has 106 valence electrons. The molecule has 2 N–H and O–H groups in total. The molecule has 0 radical (unpaired) electrons. The smallest absolute Gasteiger partial charge is 0.191 e. The average molecular weight is 396 g/mol. The van der Waals surface area contributed by atoms with Crippen LogP contribution in [0.15, 0.2) is 29.3 Å². The van der Waals surface area contributed by atoms with Crippen LogP contribution in [0.25, 0.3) is 0 Å².